The Balaban J connectivity index is 2.47. The van der Waals surface area contributed by atoms with Crippen LogP contribution in [0, 0.1) is 17.6 Å². The first-order chi connectivity index (χ1) is 8.40. The lowest BCUT2D eigenvalue weighted by Crippen LogP contribution is -2.39. The van der Waals surface area contributed by atoms with E-state index in [1.165, 1.54) is 6.07 Å². The van der Waals surface area contributed by atoms with Crippen molar-refractivity contribution in [3.8, 4) is 0 Å². The van der Waals surface area contributed by atoms with E-state index >= 15 is 0 Å². The Labute approximate surface area is 106 Å². The zero-order chi connectivity index (χ0) is 13.7. The van der Waals surface area contributed by atoms with Crippen LogP contribution in [0.3, 0.4) is 0 Å². The van der Waals surface area contributed by atoms with Crippen molar-refractivity contribution in [2.24, 2.45) is 5.92 Å². The quantitative estimate of drug-likeness (QED) is 0.850. The van der Waals surface area contributed by atoms with Gasteiger partial charge in [0.2, 0.25) is 5.91 Å². The molecule has 0 saturated carbocycles. The summed E-state index contributed by atoms with van der Waals surface area (Å²) < 4.78 is 25.9. The number of anilines is 1. The van der Waals surface area contributed by atoms with Crippen LogP contribution in [-0.4, -0.2) is 18.5 Å². The molecule has 1 rings (SSSR count). The van der Waals surface area contributed by atoms with Gasteiger partial charge in [0.15, 0.2) is 0 Å². The minimum Gasteiger partial charge on any atom is -0.374 e. The van der Waals surface area contributed by atoms with Crippen molar-refractivity contribution < 1.29 is 13.6 Å². The maximum Gasteiger partial charge on any atom is 0.239 e. The lowest BCUT2D eigenvalue weighted by atomic mass is 10.1. The molecule has 3 nitrogen and oxygen atoms in total. The van der Waals surface area contributed by atoms with E-state index in [1.807, 2.05) is 20.8 Å². The van der Waals surface area contributed by atoms with Crippen molar-refractivity contribution in [2.45, 2.75) is 26.8 Å². The number of carbonyl (C=O) groups is 1. The second-order valence-corrected chi connectivity index (χ2v) is 4.58. The number of amides is 1. The highest BCUT2D eigenvalue weighted by atomic mass is 19.1. The van der Waals surface area contributed by atoms with Crippen LogP contribution in [0.4, 0.5) is 14.5 Å². The number of hydrogen-bond acceptors (Lipinski definition) is 2. The van der Waals surface area contributed by atoms with Crippen molar-refractivity contribution in [3.05, 3.63) is 29.8 Å². The largest absolute Gasteiger partial charge is 0.374 e. The highest BCUT2D eigenvalue weighted by Crippen LogP contribution is 2.14. The van der Waals surface area contributed by atoms with Gasteiger partial charge in [0.05, 0.1) is 12.2 Å². The number of hydrogen-bond donors (Lipinski definition) is 2. The second-order valence-electron chi connectivity index (χ2n) is 4.58. The van der Waals surface area contributed by atoms with Gasteiger partial charge < -0.3 is 10.6 Å². The third-order valence-electron chi connectivity index (χ3n) is 2.76. The lowest BCUT2D eigenvalue weighted by Gasteiger charge is -2.17. The predicted molar refractivity (Wildman–Crippen MR) is 67.3 cm³/mol. The average molecular weight is 256 g/mol. The maximum atomic E-state index is 13.3. The zero-order valence-corrected chi connectivity index (χ0v) is 10.8. The molecule has 2 N–H and O–H groups in total. The average Bonchev–Trinajstić information content (AvgIpc) is 2.27. The molecule has 1 amide bonds. The molecule has 0 fully saturated rings. The summed E-state index contributed by atoms with van der Waals surface area (Å²) in [4.78, 5) is 11.5. The normalized spacial score (nSPS) is 12.3. The van der Waals surface area contributed by atoms with Crippen molar-refractivity contribution >= 4 is 11.6 Å². The standard InChI is InChI=1S/C13H18F2N2O/c1-8(2)9(3)17-13(18)7-16-12-5-4-10(14)6-11(12)15/h4-6,8-9,16H,7H2,1-3H3,(H,17,18). The van der Waals surface area contributed by atoms with Crippen molar-refractivity contribution in [1.29, 1.82) is 0 Å². The molecule has 0 radical (unpaired) electrons. The number of benzene rings is 1. The van der Waals surface area contributed by atoms with Gasteiger partial charge in [0, 0.05) is 12.1 Å². The van der Waals surface area contributed by atoms with E-state index in [1.54, 1.807) is 0 Å². The van der Waals surface area contributed by atoms with Gasteiger partial charge in [-0.3, -0.25) is 4.79 Å². The summed E-state index contributed by atoms with van der Waals surface area (Å²) in [7, 11) is 0. The molecule has 0 bridgehead atoms. The monoisotopic (exact) mass is 256 g/mol. The third kappa shape index (κ3) is 4.31. The highest BCUT2D eigenvalue weighted by Gasteiger charge is 2.11. The van der Waals surface area contributed by atoms with Crippen LogP contribution in [0.1, 0.15) is 20.8 Å². The van der Waals surface area contributed by atoms with Crippen molar-refractivity contribution in [2.75, 3.05) is 11.9 Å². The topological polar surface area (TPSA) is 41.1 Å². The van der Waals surface area contributed by atoms with Crippen LogP contribution in [0.5, 0.6) is 0 Å². The van der Waals surface area contributed by atoms with E-state index in [0.717, 1.165) is 12.1 Å². The molecule has 0 heterocycles. The Morgan fingerprint density at radius 2 is 1.94 bits per heavy atom. The lowest BCUT2D eigenvalue weighted by molar-refractivity contribution is -0.120. The summed E-state index contributed by atoms with van der Waals surface area (Å²) in [5.74, 6) is -1.24. The van der Waals surface area contributed by atoms with Gasteiger partial charge in [0.25, 0.3) is 0 Å². The third-order valence-corrected chi connectivity index (χ3v) is 2.76. The summed E-state index contributed by atoms with van der Waals surface area (Å²) in [5, 5.41) is 5.41. The molecule has 1 aromatic carbocycles. The molecule has 1 unspecified atom stereocenters. The molecule has 0 spiro atoms. The van der Waals surface area contributed by atoms with E-state index in [4.69, 9.17) is 0 Å². The first-order valence-electron chi connectivity index (χ1n) is 5.88. The first-order valence-corrected chi connectivity index (χ1v) is 5.88. The van der Waals surface area contributed by atoms with Crippen LogP contribution in [0.15, 0.2) is 18.2 Å². The highest BCUT2D eigenvalue weighted by molar-refractivity contribution is 5.80. The van der Waals surface area contributed by atoms with Gasteiger partial charge in [-0.1, -0.05) is 13.8 Å². The van der Waals surface area contributed by atoms with Gasteiger partial charge >= 0.3 is 0 Å². The van der Waals surface area contributed by atoms with E-state index in [2.05, 4.69) is 10.6 Å². The molecule has 1 aromatic rings. The number of nitrogens with one attached hydrogen (secondary N) is 2. The van der Waals surface area contributed by atoms with E-state index in [0.29, 0.717) is 5.92 Å². The minimum absolute atomic E-state index is 0.0421. The summed E-state index contributed by atoms with van der Waals surface area (Å²) in [6, 6.07) is 3.23. The molecule has 18 heavy (non-hydrogen) atoms. The Hall–Kier alpha value is -1.65. The predicted octanol–water partition coefficient (Wildman–Crippen LogP) is 2.54. The minimum atomic E-state index is -0.709. The fourth-order valence-electron chi connectivity index (χ4n) is 1.28. The Morgan fingerprint density at radius 1 is 1.28 bits per heavy atom. The fourth-order valence-corrected chi connectivity index (χ4v) is 1.28. The maximum absolute atomic E-state index is 13.3. The van der Waals surface area contributed by atoms with Gasteiger partial charge in [-0.05, 0) is 25.0 Å². The van der Waals surface area contributed by atoms with E-state index < -0.39 is 11.6 Å². The Kier molecular flexibility index (Phi) is 5.07. The number of carbonyl (C=O) groups excluding carboxylic acids is 1. The van der Waals surface area contributed by atoms with Crippen LogP contribution < -0.4 is 10.6 Å². The molecule has 5 heteroatoms. The molecule has 0 aromatic heterocycles. The second kappa shape index (κ2) is 6.33. The number of halogens is 2. The van der Waals surface area contributed by atoms with Gasteiger partial charge in [-0.2, -0.15) is 0 Å². The fraction of sp³-hybridized carbons (Fsp3) is 0.462. The summed E-state index contributed by atoms with van der Waals surface area (Å²) in [6.45, 7) is 5.86. The smallest absolute Gasteiger partial charge is 0.239 e. The van der Waals surface area contributed by atoms with Gasteiger partial charge in [-0.15, -0.1) is 0 Å². The van der Waals surface area contributed by atoms with E-state index in [-0.39, 0.29) is 24.2 Å². The Bertz CT molecular complexity index is 421. The molecule has 1 atom stereocenters. The van der Waals surface area contributed by atoms with Crippen LogP contribution in [-0.2, 0) is 4.79 Å². The molecular formula is C13H18F2N2O. The summed E-state index contributed by atoms with van der Waals surface area (Å²) in [6.07, 6.45) is 0. The summed E-state index contributed by atoms with van der Waals surface area (Å²) >= 11 is 0. The molecule has 0 saturated heterocycles. The van der Waals surface area contributed by atoms with Crippen molar-refractivity contribution in [3.63, 3.8) is 0 Å². The van der Waals surface area contributed by atoms with Crippen LogP contribution in [0.25, 0.3) is 0 Å². The number of rotatable bonds is 5. The van der Waals surface area contributed by atoms with Crippen LogP contribution >= 0.6 is 0 Å². The van der Waals surface area contributed by atoms with E-state index in [9.17, 15) is 13.6 Å². The molecule has 0 aliphatic rings. The molecule has 100 valence electrons. The SMILES string of the molecule is CC(C)C(C)NC(=O)CNc1ccc(F)cc1F. The van der Waals surface area contributed by atoms with Crippen molar-refractivity contribution in [1.82, 2.24) is 5.32 Å². The summed E-state index contributed by atoms with van der Waals surface area (Å²) in [5.41, 5.74) is 0.115. The van der Waals surface area contributed by atoms with Gasteiger partial charge in [0.1, 0.15) is 11.6 Å². The zero-order valence-electron chi connectivity index (χ0n) is 10.8. The molecule has 0 aliphatic heterocycles. The van der Waals surface area contributed by atoms with Crippen LogP contribution in [0.2, 0.25) is 0 Å². The van der Waals surface area contributed by atoms with Gasteiger partial charge in [-0.25, -0.2) is 8.78 Å². The molecular weight excluding hydrogens is 238 g/mol. The molecule has 0 aliphatic carbocycles. The Morgan fingerprint density at radius 3 is 2.50 bits per heavy atom. The first kappa shape index (κ1) is 14.4.